The number of ether oxygens (including phenoxy) is 1. The minimum absolute atomic E-state index is 0.0755. The van der Waals surface area contributed by atoms with Crippen molar-refractivity contribution >= 4 is 17.7 Å². The van der Waals surface area contributed by atoms with Crippen molar-refractivity contribution in [2.24, 2.45) is 13.0 Å². The second-order valence-corrected chi connectivity index (χ2v) is 5.04. The van der Waals surface area contributed by atoms with E-state index >= 15 is 0 Å². The number of amides is 1. The topological polar surface area (TPSA) is 68.6 Å². The minimum Gasteiger partial charge on any atom is -0.469 e. The van der Waals surface area contributed by atoms with Gasteiger partial charge in [-0.15, -0.1) is 0 Å². The zero-order valence-corrected chi connectivity index (χ0v) is 11.9. The Bertz CT molecular complexity index is 562. The van der Waals surface area contributed by atoms with Crippen molar-refractivity contribution in [3.63, 3.8) is 0 Å². The number of rotatable bonds is 3. The van der Waals surface area contributed by atoms with Gasteiger partial charge >= 0.3 is 5.97 Å². The summed E-state index contributed by atoms with van der Waals surface area (Å²) in [5.74, 6) is -0.770. The monoisotopic (exact) mass is 278 g/mol. The molecule has 1 aromatic rings. The molecule has 0 aliphatic carbocycles. The Morgan fingerprint density at radius 2 is 2.05 bits per heavy atom. The quantitative estimate of drug-likeness (QED) is 0.607. The molecule has 1 fully saturated rings. The molecule has 1 aliphatic heterocycles. The summed E-state index contributed by atoms with van der Waals surface area (Å²) >= 11 is 0. The number of Topliss-reactive ketones (excluding diaryl/α,β-unsaturated/α-hetero) is 1. The molecule has 0 spiro atoms. The van der Waals surface area contributed by atoms with Crippen LogP contribution in [0.3, 0.4) is 0 Å². The Labute approximate surface area is 117 Å². The van der Waals surface area contributed by atoms with Crippen LogP contribution in [0.4, 0.5) is 0 Å². The van der Waals surface area contributed by atoms with E-state index < -0.39 is 0 Å². The van der Waals surface area contributed by atoms with Gasteiger partial charge < -0.3 is 14.2 Å². The normalized spacial score (nSPS) is 18.1. The first kappa shape index (κ1) is 14.3. The summed E-state index contributed by atoms with van der Waals surface area (Å²) in [4.78, 5) is 36.8. The summed E-state index contributed by atoms with van der Waals surface area (Å²) in [6, 6.07) is 1.59. The number of ketones is 1. The minimum atomic E-state index is -0.281. The number of aryl methyl sites for hydroxylation is 1. The van der Waals surface area contributed by atoms with Gasteiger partial charge in [0, 0.05) is 31.9 Å². The zero-order chi connectivity index (χ0) is 14.9. The van der Waals surface area contributed by atoms with Crippen LogP contribution >= 0.6 is 0 Å². The van der Waals surface area contributed by atoms with Gasteiger partial charge in [0.05, 0.1) is 13.0 Å². The van der Waals surface area contributed by atoms with E-state index in [-0.39, 0.29) is 23.6 Å². The SMILES string of the molecule is COC(=O)C1CCN(C(=O)c2cc(C(C)=O)cn2C)C1. The first-order valence-corrected chi connectivity index (χ1v) is 6.48. The lowest BCUT2D eigenvalue weighted by molar-refractivity contribution is -0.144. The highest BCUT2D eigenvalue weighted by Gasteiger charge is 2.33. The standard InChI is InChI=1S/C14H18N2O4/c1-9(17)11-6-12(15(2)7-11)13(18)16-5-4-10(8-16)14(19)20-3/h6-7,10H,4-5,8H2,1-3H3. The molecule has 1 atom stereocenters. The number of carbonyl (C=O) groups is 3. The van der Waals surface area contributed by atoms with Crippen molar-refractivity contribution in [3.8, 4) is 0 Å². The van der Waals surface area contributed by atoms with E-state index in [2.05, 4.69) is 0 Å². The molecule has 1 amide bonds. The van der Waals surface area contributed by atoms with Crippen LogP contribution in [0, 0.1) is 5.92 Å². The maximum atomic E-state index is 12.4. The number of methoxy groups -OCH3 is 1. The first-order chi connectivity index (χ1) is 9.43. The molecule has 0 bridgehead atoms. The second kappa shape index (κ2) is 5.48. The Balaban J connectivity index is 2.13. The molecule has 1 saturated heterocycles. The summed E-state index contributed by atoms with van der Waals surface area (Å²) in [6.07, 6.45) is 2.26. The number of likely N-dealkylation sites (tertiary alicyclic amines) is 1. The maximum absolute atomic E-state index is 12.4. The van der Waals surface area contributed by atoms with Gasteiger partial charge in [0.1, 0.15) is 5.69 Å². The van der Waals surface area contributed by atoms with Gasteiger partial charge in [-0.25, -0.2) is 0 Å². The smallest absolute Gasteiger partial charge is 0.310 e. The second-order valence-electron chi connectivity index (χ2n) is 5.04. The van der Waals surface area contributed by atoms with Gasteiger partial charge in [0.15, 0.2) is 5.78 Å². The third-order valence-electron chi connectivity index (χ3n) is 3.64. The summed E-state index contributed by atoms with van der Waals surface area (Å²) in [5.41, 5.74) is 0.972. The van der Waals surface area contributed by atoms with Crippen LogP contribution in [0.5, 0.6) is 0 Å². The largest absolute Gasteiger partial charge is 0.469 e. The van der Waals surface area contributed by atoms with Crippen molar-refractivity contribution in [1.82, 2.24) is 9.47 Å². The van der Waals surface area contributed by atoms with E-state index in [4.69, 9.17) is 4.74 Å². The van der Waals surface area contributed by atoms with Gasteiger partial charge in [-0.05, 0) is 19.4 Å². The fraction of sp³-hybridized carbons (Fsp3) is 0.500. The van der Waals surface area contributed by atoms with Crippen molar-refractivity contribution in [3.05, 3.63) is 23.5 Å². The van der Waals surface area contributed by atoms with Crippen LogP contribution in [0.15, 0.2) is 12.3 Å². The Kier molecular flexibility index (Phi) is 3.92. The summed E-state index contributed by atoms with van der Waals surface area (Å²) in [7, 11) is 3.08. The van der Waals surface area contributed by atoms with Crippen LogP contribution in [-0.2, 0) is 16.6 Å². The fourth-order valence-corrected chi connectivity index (χ4v) is 2.44. The number of hydrogen-bond donors (Lipinski definition) is 0. The molecule has 2 heterocycles. The molecule has 1 unspecified atom stereocenters. The lowest BCUT2D eigenvalue weighted by Gasteiger charge is -2.16. The molecule has 0 radical (unpaired) electrons. The number of nitrogens with zero attached hydrogens (tertiary/aromatic N) is 2. The van der Waals surface area contributed by atoms with Gasteiger partial charge in [-0.2, -0.15) is 0 Å². The van der Waals surface area contributed by atoms with E-state index in [0.717, 1.165) is 0 Å². The van der Waals surface area contributed by atoms with Crippen LogP contribution in [0.1, 0.15) is 34.2 Å². The van der Waals surface area contributed by atoms with Crippen molar-refractivity contribution in [2.75, 3.05) is 20.2 Å². The molecule has 108 valence electrons. The van der Waals surface area contributed by atoms with Crippen molar-refractivity contribution in [2.45, 2.75) is 13.3 Å². The summed E-state index contributed by atoms with van der Waals surface area (Å²) in [6.45, 7) is 2.36. The fourth-order valence-electron chi connectivity index (χ4n) is 2.44. The zero-order valence-electron chi connectivity index (χ0n) is 11.9. The van der Waals surface area contributed by atoms with Gasteiger partial charge in [0.25, 0.3) is 5.91 Å². The van der Waals surface area contributed by atoms with Gasteiger partial charge in [-0.3, -0.25) is 14.4 Å². The van der Waals surface area contributed by atoms with E-state index in [0.29, 0.717) is 30.8 Å². The average Bonchev–Trinajstić information content (AvgIpc) is 3.03. The lowest BCUT2D eigenvalue weighted by Crippen LogP contribution is -2.31. The summed E-state index contributed by atoms with van der Waals surface area (Å²) < 4.78 is 6.34. The number of aromatic nitrogens is 1. The Morgan fingerprint density at radius 1 is 1.35 bits per heavy atom. The molecule has 1 aromatic heterocycles. The molecule has 20 heavy (non-hydrogen) atoms. The lowest BCUT2D eigenvalue weighted by atomic mass is 10.1. The van der Waals surface area contributed by atoms with Crippen molar-refractivity contribution in [1.29, 1.82) is 0 Å². The molecule has 2 rings (SSSR count). The van der Waals surface area contributed by atoms with E-state index in [1.165, 1.54) is 14.0 Å². The number of hydrogen-bond acceptors (Lipinski definition) is 4. The van der Waals surface area contributed by atoms with E-state index in [1.54, 1.807) is 28.8 Å². The summed E-state index contributed by atoms with van der Waals surface area (Å²) in [5, 5.41) is 0. The molecule has 0 saturated carbocycles. The highest BCUT2D eigenvalue weighted by Crippen LogP contribution is 2.20. The predicted octanol–water partition coefficient (Wildman–Crippen LogP) is 0.863. The molecule has 6 nitrogen and oxygen atoms in total. The molecule has 0 aromatic carbocycles. The van der Waals surface area contributed by atoms with Crippen molar-refractivity contribution < 1.29 is 19.1 Å². The molecular weight excluding hydrogens is 260 g/mol. The first-order valence-electron chi connectivity index (χ1n) is 6.48. The highest BCUT2D eigenvalue weighted by atomic mass is 16.5. The van der Waals surface area contributed by atoms with E-state index in [1.807, 2.05) is 0 Å². The number of esters is 1. The van der Waals surface area contributed by atoms with Gasteiger partial charge in [-0.1, -0.05) is 0 Å². The van der Waals surface area contributed by atoms with Crippen LogP contribution < -0.4 is 0 Å². The third-order valence-corrected chi connectivity index (χ3v) is 3.64. The Morgan fingerprint density at radius 3 is 2.60 bits per heavy atom. The number of carbonyl (C=O) groups excluding carboxylic acids is 3. The highest BCUT2D eigenvalue weighted by molar-refractivity contribution is 5.99. The molecular formula is C14H18N2O4. The molecule has 0 N–H and O–H groups in total. The maximum Gasteiger partial charge on any atom is 0.310 e. The van der Waals surface area contributed by atoms with Crippen LogP contribution in [0.25, 0.3) is 0 Å². The van der Waals surface area contributed by atoms with Crippen LogP contribution in [0.2, 0.25) is 0 Å². The molecule has 1 aliphatic rings. The van der Waals surface area contributed by atoms with Gasteiger partial charge in [0.2, 0.25) is 0 Å². The average molecular weight is 278 g/mol. The van der Waals surface area contributed by atoms with E-state index in [9.17, 15) is 14.4 Å². The Hall–Kier alpha value is -2.11. The third kappa shape index (κ3) is 2.59. The van der Waals surface area contributed by atoms with Crippen LogP contribution in [-0.4, -0.2) is 47.3 Å². The molecule has 6 heteroatoms. The predicted molar refractivity (Wildman–Crippen MR) is 71.4 cm³/mol.